The molecule has 2 aromatic carbocycles. The van der Waals surface area contributed by atoms with Crippen molar-refractivity contribution in [3.05, 3.63) is 97.9 Å². The number of hydrogen-bond acceptors (Lipinski definition) is 4. The van der Waals surface area contributed by atoms with E-state index in [-0.39, 0.29) is 37.8 Å². The summed E-state index contributed by atoms with van der Waals surface area (Å²) in [5.41, 5.74) is -2.23. The largest absolute Gasteiger partial charge is 0.324 e. The Hall–Kier alpha value is -3.25. The number of carbonyl (C=O) groups excluding carboxylic acids is 1. The zero-order valence-electron chi connectivity index (χ0n) is 21.9. The average Bonchev–Trinajstić information content (AvgIpc) is 3.16. The van der Waals surface area contributed by atoms with E-state index in [4.69, 9.17) is 23.2 Å². The molecule has 6 nitrogen and oxygen atoms in total. The number of nitriles is 1. The number of carbonyl (C=O) groups is 1. The number of nitrogens with one attached hydrogen (secondary N) is 2. The van der Waals surface area contributed by atoms with Crippen LogP contribution in [0.1, 0.15) is 44.2 Å². The second-order valence-corrected chi connectivity index (χ2v) is 11.9. The Morgan fingerprint density at radius 1 is 1.18 bits per heavy atom. The lowest BCUT2D eigenvalue weighted by Crippen LogP contribution is -2.45. The molecule has 1 aromatic heterocycles. The van der Waals surface area contributed by atoms with Gasteiger partial charge >= 0.3 is 0 Å². The Labute approximate surface area is 235 Å². The van der Waals surface area contributed by atoms with E-state index in [0.29, 0.717) is 6.42 Å². The minimum Gasteiger partial charge on any atom is -0.324 e. The van der Waals surface area contributed by atoms with Crippen LogP contribution in [0.15, 0.2) is 59.5 Å². The maximum atomic E-state index is 15.7. The van der Waals surface area contributed by atoms with Crippen LogP contribution in [0.3, 0.4) is 0 Å². The van der Waals surface area contributed by atoms with E-state index in [0.717, 1.165) is 6.07 Å². The molecule has 1 aliphatic heterocycles. The molecule has 1 saturated heterocycles. The van der Waals surface area contributed by atoms with Crippen LogP contribution < -0.4 is 16.2 Å². The van der Waals surface area contributed by atoms with E-state index in [1.54, 1.807) is 13.1 Å². The minimum absolute atomic E-state index is 0.00793. The van der Waals surface area contributed by atoms with Gasteiger partial charge in [-0.25, -0.2) is 8.78 Å². The van der Waals surface area contributed by atoms with E-state index in [1.807, 2.05) is 20.8 Å². The van der Waals surface area contributed by atoms with Gasteiger partial charge in [0, 0.05) is 47.5 Å². The van der Waals surface area contributed by atoms with Crippen LogP contribution in [0.4, 0.5) is 14.5 Å². The number of nitrogens with zero attached hydrogens (tertiary/aromatic N) is 2. The van der Waals surface area contributed by atoms with Gasteiger partial charge in [-0.05, 0) is 41.7 Å². The lowest BCUT2D eigenvalue weighted by molar-refractivity contribution is -0.118. The van der Waals surface area contributed by atoms with Gasteiger partial charge in [0.05, 0.1) is 17.1 Å². The van der Waals surface area contributed by atoms with Gasteiger partial charge in [-0.15, -0.1) is 0 Å². The summed E-state index contributed by atoms with van der Waals surface area (Å²) in [4.78, 5) is 26.0. The number of rotatable bonds is 5. The fourth-order valence-corrected chi connectivity index (χ4v) is 5.74. The Morgan fingerprint density at radius 2 is 1.90 bits per heavy atom. The van der Waals surface area contributed by atoms with Crippen LogP contribution in [0.5, 0.6) is 0 Å². The smallest absolute Gasteiger partial charge is 0.252 e. The number of hydrogen-bond donors (Lipinski definition) is 2. The summed E-state index contributed by atoms with van der Waals surface area (Å²) in [5.74, 6) is -3.36. The predicted molar refractivity (Wildman–Crippen MR) is 148 cm³/mol. The van der Waals surface area contributed by atoms with Crippen molar-refractivity contribution in [1.82, 2.24) is 9.88 Å². The Bertz CT molecular complexity index is 1530. The fourth-order valence-electron chi connectivity index (χ4n) is 5.40. The third-order valence-electron chi connectivity index (χ3n) is 7.10. The zero-order chi connectivity index (χ0) is 28.7. The van der Waals surface area contributed by atoms with Crippen molar-refractivity contribution >= 4 is 34.8 Å². The standard InChI is InChI=1S/C29H28Cl2F2N4O2/c1-28(2,3)14-22-29(15-34,19-9-8-16(30)12-21(19)32)24(18-6-5-7-20(31)25(18)33)26(36-22)27(39)35-17-10-11-37(4)23(38)13-17/h5-13,22,24,26,36H,14H2,1-4H3,(H,35,39)/t22-,24-,26+,29-/m1/s1. The zero-order valence-corrected chi connectivity index (χ0v) is 23.4. The molecule has 0 spiro atoms. The summed E-state index contributed by atoms with van der Waals surface area (Å²) in [6.07, 6.45) is 1.84. The topological polar surface area (TPSA) is 86.9 Å². The highest BCUT2D eigenvalue weighted by atomic mass is 35.5. The highest BCUT2D eigenvalue weighted by Crippen LogP contribution is 2.52. The highest BCUT2D eigenvalue weighted by Gasteiger charge is 2.61. The van der Waals surface area contributed by atoms with Crippen molar-refractivity contribution in [2.24, 2.45) is 12.5 Å². The Kier molecular flexibility index (Phi) is 7.91. The molecule has 1 fully saturated rings. The van der Waals surface area contributed by atoms with Crippen molar-refractivity contribution in [2.75, 3.05) is 5.32 Å². The van der Waals surface area contributed by atoms with Crippen molar-refractivity contribution in [1.29, 1.82) is 5.26 Å². The first-order valence-electron chi connectivity index (χ1n) is 12.3. The molecule has 39 heavy (non-hydrogen) atoms. The number of benzene rings is 2. The summed E-state index contributed by atoms with van der Waals surface area (Å²) in [6.45, 7) is 5.87. The molecule has 0 unspecified atom stereocenters. The molecule has 0 radical (unpaired) electrons. The lowest BCUT2D eigenvalue weighted by atomic mass is 9.62. The molecule has 1 amide bonds. The third-order valence-corrected chi connectivity index (χ3v) is 7.63. The second kappa shape index (κ2) is 10.7. The number of amides is 1. The van der Waals surface area contributed by atoms with Gasteiger partial charge in [-0.3, -0.25) is 9.59 Å². The Morgan fingerprint density at radius 3 is 2.51 bits per heavy atom. The minimum atomic E-state index is -1.73. The summed E-state index contributed by atoms with van der Waals surface area (Å²) >= 11 is 12.2. The van der Waals surface area contributed by atoms with E-state index in [1.165, 1.54) is 47.2 Å². The Balaban J connectivity index is 1.97. The van der Waals surface area contributed by atoms with Crippen LogP contribution >= 0.6 is 23.2 Å². The van der Waals surface area contributed by atoms with Crippen molar-refractivity contribution in [3.63, 3.8) is 0 Å². The van der Waals surface area contributed by atoms with Crippen molar-refractivity contribution in [2.45, 2.75) is 50.6 Å². The monoisotopic (exact) mass is 572 g/mol. The van der Waals surface area contributed by atoms with Crippen molar-refractivity contribution in [3.8, 4) is 6.07 Å². The van der Waals surface area contributed by atoms with Crippen LogP contribution in [0.2, 0.25) is 10.0 Å². The molecular formula is C29H28Cl2F2N4O2. The molecule has 1 aliphatic rings. The molecule has 0 saturated carbocycles. The highest BCUT2D eigenvalue weighted by molar-refractivity contribution is 6.31. The van der Waals surface area contributed by atoms with Crippen LogP contribution in [0.25, 0.3) is 0 Å². The third kappa shape index (κ3) is 5.44. The quantitative estimate of drug-likeness (QED) is 0.396. The molecule has 10 heteroatoms. The van der Waals surface area contributed by atoms with Gasteiger partial charge < -0.3 is 15.2 Å². The van der Waals surface area contributed by atoms with E-state index in [2.05, 4.69) is 16.7 Å². The predicted octanol–water partition coefficient (Wildman–Crippen LogP) is 5.93. The summed E-state index contributed by atoms with van der Waals surface area (Å²) in [7, 11) is 1.57. The van der Waals surface area contributed by atoms with Gasteiger partial charge in [0.1, 0.15) is 17.0 Å². The van der Waals surface area contributed by atoms with Crippen LogP contribution in [-0.4, -0.2) is 22.6 Å². The van der Waals surface area contributed by atoms with Gasteiger partial charge in [-0.1, -0.05) is 62.2 Å². The molecule has 0 aliphatic carbocycles. The first kappa shape index (κ1) is 28.8. The number of aryl methyl sites for hydroxylation is 1. The second-order valence-electron chi connectivity index (χ2n) is 11.0. The van der Waals surface area contributed by atoms with Crippen LogP contribution in [-0.2, 0) is 17.3 Å². The molecular weight excluding hydrogens is 545 g/mol. The molecule has 2 N–H and O–H groups in total. The van der Waals surface area contributed by atoms with Gasteiger partial charge in [0.25, 0.3) is 5.56 Å². The lowest BCUT2D eigenvalue weighted by Gasteiger charge is -2.37. The van der Waals surface area contributed by atoms with Gasteiger partial charge in [0.2, 0.25) is 5.91 Å². The molecule has 3 aromatic rings. The molecule has 0 bridgehead atoms. The van der Waals surface area contributed by atoms with Gasteiger partial charge in [0.15, 0.2) is 0 Å². The number of aromatic nitrogens is 1. The molecule has 4 atom stereocenters. The SMILES string of the molecule is Cn1ccc(NC(=O)[C@H]2N[C@H](CC(C)(C)C)[C@@](C#N)(c3ccc(Cl)cc3F)[C@@H]2c2cccc(Cl)c2F)cc1=O. The number of anilines is 1. The molecule has 2 heterocycles. The van der Waals surface area contributed by atoms with E-state index < -0.39 is 41.0 Å². The van der Waals surface area contributed by atoms with E-state index in [9.17, 15) is 14.9 Å². The maximum absolute atomic E-state index is 15.7. The first-order chi connectivity index (χ1) is 18.3. The van der Waals surface area contributed by atoms with Crippen LogP contribution in [0, 0.1) is 28.4 Å². The summed E-state index contributed by atoms with van der Waals surface area (Å²) < 4.78 is 32.7. The van der Waals surface area contributed by atoms with Crippen molar-refractivity contribution < 1.29 is 13.6 Å². The first-order valence-corrected chi connectivity index (χ1v) is 13.1. The maximum Gasteiger partial charge on any atom is 0.252 e. The number of halogens is 4. The fraction of sp³-hybridized carbons (Fsp3) is 0.345. The normalized spacial score (nSPS) is 22.9. The van der Waals surface area contributed by atoms with Gasteiger partial charge in [-0.2, -0.15) is 5.26 Å². The summed E-state index contributed by atoms with van der Waals surface area (Å²) in [5, 5.41) is 16.8. The van der Waals surface area contributed by atoms with E-state index >= 15 is 8.78 Å². The number of pyridine rings is 1. The average molecular weight is 573 g/mol. The molecule has 204 valence electrons. The molecule has 4 rings (SSSR count). The summed E-state index contributed by atoms with van der Waals surface area (Å²) in [6, 6.07) is 11.4.